The Kier molecular flexibility index (Phi) is 4.12. The van der Waals surface area contributed by atoms with Crippen LogP contribution in [0.3, 0.4) is 0 Å². The van der Waals surface area contributed by atoms with Crippen LogP contribution in [0.4, 0.5) is 0 Å². The topological polar surface area (TPSA) is 12.0 Å². The Hall–Kier alpha value is -0.240. The zero-order valence-corrected chi connectivity index (χ0v) is 11.0. The molecule has 1 fully saturated rings. The molecule has 1 atom stereocenters. The van der Waals surface area contributed by atoms with Crippen molar-refractivity contribution in [2.75, 3.05) is 7.05 Å². The van der Waals surface area contributed by atoms with Gasteiger partial charge < -0.3 is 5.32 Å². The number of benzene rings is 1. The second kappa shape index (κ2) is 5.39. The Morgan fingerprint density at radius 3 is 2.56 bits per heavy atom. The predicted octanol–water partition coefficient (Wildman–Crippen LogP) is 4.44. The van der Waals surface area contributed by atoms with Crippen LogP contribution < -0.4 is 5.32 Å². The molecule has 0 aromatic heterocycles. The van der Waals surface area contributed by atoms with Gasteiger partial charge in [0.25, 0.3) is 0 Å². The van der Waals surface area contributed by atoms with Crippen LogP contribution in [0.1, 0.15) is 37.3 Å². The molecule has 16 heavy (non-hydrogen) atoms. The van der Waals surface area contributed by atoms with Crippen LogP contribution >= 0.6 is 23.2 Å². The molecular formula is C13H17Cl2N. The summed E-state index contributed by atoms with van der Waals surface area (Å²) in [6, 6.07) is 6.06. The third-order valence-corrected chi connectivity index (χ3v) is 4.05. The van der Waals surface area contributed by atoms with Gasteiger partial charge in [-0.2, -0.15) is 0 Å². The van der Waals surface area contributed by atoms with Gasteiger partial charge in [-0.3, -0.25) is 0 Å². The lowest BCUT2D eigenvalue weighted by Crippen LogP contribution is -2.23. The zero-order valence-electron chi connectivity index (χ0n) is 9.47. The Morgan fingerprint density at radius 1 is 1.25 bits per heavy atom. The first kappa shape index (κ1) is 12.2. The molecule has 1 aliphatic carbocycles. The molecule has 1 unspecified atom stereocenters. The summed E-state index contributed by atoms with van der Waals surface area (Å²) in [5.41, 5.74) is 1.14. The monoisotopic (exact) mass is 257 g/mol. The molecule has 1 aromatic carbocycles. The lowest BCUT2D eigenvalue weighted by Gasteiger charge is -2.24. The van der Waals surface area contributed by atoms with Gasteiger partial charge in [-0.05, 0) is 49.6 Å². The lowest BCUT2D eigenvalue weighted by atomic mass is 9.92. The Bertz CT molecular complexity index is 359. The van der Waals surface area contributed by atoms with Crippen molar-refractivity contribution >= 4 is 23.2 Å². The molecule has 1 aromatic rings. The van der Waals surface area contributed by atoms with Gasteiger partial charge in [0.15, 0.2) is 0 Å². The lowest BCUT2D eigenvalue weighted by molar-refractivity contribution is 0.390. The molecule has 0 aliphatic heterocycles. The number of rotatable bonds is 3. The van der Waals surface area contributed by atoms with Crippen LogP contribution in [0.15, 0.2) is 18.2 Å². The first-order chi connectivity index (χ1) is 7.72. The molecule has 1 saturated carbocycles. The highest BCUT2D eigenvalue weighted by atomic mass is 35.5. The van der Waals surface area contributed by atoms with Crippen molar-refractivity contribution in [2.24, 2.45) is 5.92 Å². The average molecular weight is 258 g/mol. The maximum Gasteiger partial charge on any atom is 0.0454 e. The normalized spacial score (nSPS) is 18.9. The van der Waals surface area contributed by atoms with E-state index in [1.165, 1.54) is 25.7 Å². The summed E-state index contributed by atoms with van der Waals surface area (Å²) >= 11 is 12.3. The molecule has 0 radical (unpaired) electrons. The fourth-order valence-electron chi connectivity index (χ4n) is 2.69. The maximum absolute atomic E-state index is 6.25. The SMILES string of the molecule is CNC(c1cc(Cl)ccc1Cl)C1CCCC1. The van der Waals surface area contributed by atoms with E-state index in [9.17, 15) is 0 Å². The van der Waals surface area contributed by atoms with Crippen molar-refractivity contribution in [2.45, 2.75) is 31.7 Å². The minimum absolute atomic E-state index is 0.341. The van der Waals surface area contributed by atoms with Crippen LogP contribution in [-0.4, -0.2) is 7.05 Å². The van der Waals surface area contributed by atoms with E-state index in [4.69, 9.17) is 23.2 Å². The quantitative estimate of drug-likeness (QED) is 0.844. The second-order valence-electron chi connectivity index (χ2n) is 4.48. The van der Waals surface area contributed by atoms with Crippen molar-refractivity contribution < 1.29 is 0 Å². The van der Waals surface area contributed by atoms with E-state index in [-0.39, 0.29) is 0 Å². The van der Waals surface area contributed by atoms with Gasteiger partial charge in [-0.15, -0.1) is 0 Å². The van der Waals surface area contributed by atoms with Crippen LogP contribution in [-0.2, 0) is 0 Å². The van der Waals surface area contributed by atoms with Crippen molar-refractivity contribution in [3.63, 3.8) is 0 Å². The summed E-state index contributed by atoms with van der Waals surface area (Å²) in [5, 5.41) is 4.96. The minimum atomic E-state index is 0.341. The Morgan fingerprint density at radius 2 is 1.94 bits per heavy atom. The van der Waals surface area contributed by atoms with E-state index in [2.05, 4.69) is 5.32 Å². The van der Waals surface area contributed by atoms with Gasteiger partial charge in [0.05, 0.1) is 0 Å². The summed E-state index contributed by atoms with van der Waals surface area (Å²) in [5.74, 6) is 0.695. The smallest absolute Gasteiger partial charge is 0.0454 e. The zero-order chi connectivity index (χ0) is 11.5. The predicted molar refractivity (Wildman–Crippen MR) is 70.2 cm³/mol. The van der Waals surface area contributed by atoms with Crippen molar-refractivity contribution in [3.05, 3.63) is 33.8 Å². The molecule has 3 heteroatoms. The molecule has 0 amide bonds. The standard InChI is InChI=1S/C13H17Cl2N/c1-16-13(9-4-2-3-5-9)11-8-10(14)6-7-12(11)15/h6-9,13,16H,2-5H2,1H3. The van der Waals surface area contributed by atoms with Crippen molar-refractivity contribution in [1.82, 2.24) is 5.32 Å². The molecule has 1 N–H and O–H groups in total. The van der Waals surface area contributed by atoms with E-state index >= 15 is 0 Å². The third kappa shape index (κ3) is 2.53. The van der Waals surface area contributed by atoms with E-state index in [0.29, 0.717) is 12.0 Å². The van der Waals surface area contributed by atoms with Crippen LogP contribution in [0.25, 0.3) is 0 Å². The molecule has 2 rings (SSSR count). The average Bonchev–Trinajstić information content (AvgIpc) is 2.78. The highest BCUT2D eigenvalue weighted by Crippen LogP contribution is 2.38. The van der Waals surface area contributed by atoms with Gasteiger partial charge in [-0.25, -0.2) is 0 Å². The van der Waals surface area contributed by atoms with Crippen molar-refractivity contribution in [3.8, 4) is 0 Å². The first-order valence-electron chi connectivity index (χ1n) is 5.84. The summed E-state index contributed by atoms with van der Waals surface area (Å²) in [7, 11) is 2.00. The minimum Gasteiger partial charge on any atom is -0.313 e. The molecule has 0 bridgehead atoms. The first-order valence-corrected chi connectivity index (χ1v) is 6.60. The van der Waals surface area contributed by atoms with Crippen LogP contribution in [0.2, 0.25) is 10.0 Å². The third-order valence-electron chi connectivity index (χ3n) is 3.48. The fraction of sp³-hybridized carbons (Fsp3) is 0.538. The molecule has 88 valence electrons. The van der Waals surface area contributed by atoms with Gasteiger partial charge in [0.1, 0.15) is 0 Å². The second-order valence-corrected chi connectivity index (χ2v) is 5.32. The van der Waals surface area contributed by atoms with Gasteiger partial charge in [-0.1, -0.05) is 36.0 Å². The van der Waals surface area contributed by atoms with E-state index in [1.54, 1.807) is 0 Å². The van der Waals surface area contributed by atoms with Crippen LogP contribution in [0.5, 0.6) is 0 Å². The molecule has 0 heterocycles. The molecule has 0 saturated heterocycles. The number of nitrogens with one attached hydrogen (secondary N) is 1. The summed E-state index contributed by atoms with van der Waals surface area (Å²) in [6.45, 7) is 0. The number of hydrogen-bond donors (Lipinski definition) is 1. The fourth-order valence-corrected chi connectivity index (χ4v) is 3.10. The highest BCUT2D eigenvalue weighted by molar-refractivity contribution is 6.33. The summed E-state index contributed by atoms with van der Waals surface area (Å²) < 4.78 is 0. The van der Waals surface area contributed by atoms with E-state index < -0.39 is 0 Å². The molecule has 1 aliphatic rings. The van der Waals surface area contributed by atoms with E-state index in [0.717, 1.165) is 15.6 Å². The van der Waals surface area contributed by atoms with Crippen LogP contribution in [0, 0.1) is 5.92 Å². The van der Waals surface area contributed by atoms with E-state index in [1.807, 2.05) is 25.2 Å². The molecule has 0 spiro atoms. The van der Waals surface area contributed by atoms with Gasteiger partial charge in [0.2, 0.25) is 0 Å². The maximum atomic E-state index is 6.25. The number of halogens is 2. The molecule has 1 nitrogen and oxygen atoms in total. The van der Waals surface area contributed by atoms with Crippen molar-refractivity contribution in [1.29, 1.82) is 0 Å². The van der Waals surface area contributed by atoms with Gasteiger partial charge >= 0.3 is 0 Å². The Labute approximate surface area is 107 Å². The van der Waals surface area contributed by atoms with Gasteiger partial charge in [0, 0.05) is 16.1 Å². The largest absolute Gasteiger partial charge is 0.313 e. The summed E-state index contributed by atoms with van der Waals surface area (Å²) in [4.78, 5) is 0. The highest BCUT2D eigenvalue weighted by Gasteiger charge is 2.26. The molecular weight excluding hydrogens is 241 g/mol. The summed E-state index contributed by atoms with van der Waals surface area (Å²) in [6.07, 6.45) is 5.24. The Balaban J connectivity index is 2.28. The number of hydrogen-bond acceptors (Lipinski definition) is 1.